The summed E-state index contributed by atoms with van der Waals surface area (Å²) < 4.78 is 24.6. The van der Waals surface area contributed by atoms with Crippen molar-refractivity contribution in [1.29, 1.82) is 0 Å². The van der Waals surface area contributed by atoms with Crippen molar-refractivity contribution < 1.29 is 23.4 Å². The molecule has 1 aromatic heterocycles. The molecule has 2 N–H and O–H groups in total. The SMILES string of the molecule is CCc1nc(C)c(C(=O)NC(c2ccc(OC)c(F)c2)C2CC(O)C2)o1. The van der Waals surface area contributed by atoms with Crippen LogP contribution in [0, 0.1) is 18.7 Å². The van der Waals surface area contributed by atoms with Crippen LogP contribution < -0.4 is 10.1 Å². The molecule has 2 aromatic rings. The number of carbonyl (C=O) groups excluding carboxylic acids is 1. The van der Waals surface area contributed by atoms with Gasteiger partial charge >= 0.3 is 0 Å². The number of nitrogens with zero attached hydrogens (tertiary/aromatic N) is 1. The van der Waals surface area contributed by atoms with Gasteiger partial charge in [0.2, 0.25) is 5.76 Å². The van der Waals surface area contributed by atoms with Gasteiger partial charge in [0.1, 0.15) is 0 Å². The Kier molecular flexibility index (Phi) is 5.27. The molecule has 1 heterocycles. The summed E-state index contributed by atoms with van der Waals surface area (Å²) in [5.74, 6) is -0.0493. The van der Waals surface area contributed by atoms with Gasteiger partial charge < -0.3 is 19.6 Å². The van der Waals surface area contributed by atoms with Gasteiger partial charge in [-0.05, 0) is 43.4 Å². The van der Waals surface area contributed by atoms with E-state index in [4.69, 9.17) is 9.15 Å². The molecular formula is C19H23FN2O4. The van der Waals surface area contributed by atoms with Crippen LogP contribution in [0.5, 0.6) is 5.75 Å². The van der Waals surface area contributed by atoms with E-state index in [1.54, 1.807) is 13.0 Å². The van der Waals surface area contributed by atoms with E-state index in [1.165, 1.54) is 19.2 Å². The highest BCUT2D eigenvalue weighted by atomic mass is 19.1. The van der Waals surface area contributed by atoms with Crippen LogP contribution in [0.4, 0.5) is 4.39 Å². The van der Waals surface area contributed by atoms with E-state index in [1.807, 2.05) is 6.92 Å². The smallest absolute Gasteiger partial charge is 0.289 e. The number of aryl methyl sites for hydroxylation is 2. The number of nitrogens with one attached hydrogen (secondary N) is 1. The van der Waals surface area contributed by atoms with Crippen molar-refractivity contribution in [3.8, 4) is 5.75 Å². The highest BCUT2D eigenvalue weighted by Crippen LogP contribution is 2.39. The zero-order valence-corrected chi connectivity index (χ0v) is 15.1. The summed E-state index contributed by atoms with van der Waals surface area (Å²) in [6.45, 7) is 3.61. The van der Waals surface area contributed by atoms with Crippen molar-refractivity contribution in [2.75, 3.05) is 7.11 Å². The Bertz CT molecular complexity index is 799. The quantitative estimate of drug-likeness (QED) is 0.825. The van der Waals surface area contributed by atoms with Gasteiger partial charge in [-0.1, -0.05) is 13.0 Å². The Labute approximate surface area is 151 Å². The summed E-state index contributed by atoms with van der Waals surface area (Å²) in [6, 6.07) is 4.19. The molecule has 0 radical (unpaired) electrons. The van der Waals surface area contributed by atoms with E-state index in [9.17, 15) is 14.3 Å². The Morgan fingerprint density at radius 3 is 2.77 bits per heavy atom. The average Bonchev–Trinajstić information content (AvgIpc) is 2.98. The second kappa shape index (κ2) is 7.45. The van der Waals surface area contributed by atoms with Crippen molar-refractivity contribution in [2.45, 2.75) is 45.3 Å². The van der Waals surface area contributed by atoms with Crippen molar-refractivity contribution in [1.82, 2.24) is 10.3 Å². The number of hydrogen-bond donors (Lipinski definition) is 2. The van der Waals surface area contributed by atoms with E-state index >= 15 is 0 Å². The number of ether oxygens (including phenoxy) is 1. The molecular weight excluding hydrogens is 339 g/mol. The summed E-state index contributed by atoms with van der Waals surface area (Å²) in [5.41, 5.74) is 1.15. The number of benzene rings is 1. The largest absolute Gasteiger partial charge is 0.494 e. The molecule has 1 saturated carbocycles. The third-order valence-electron chi connectivity index (χ3n) is 4.79. The maximum atomic E-state index is 14.1. The zero-order valence-electron chi connectivity index (χ0n) is 15.1. The number of carbonyl (C=O) groups is 1. The molecule has 3 rings (SSSR count). The molecule has 1 aromatic carbocycles. The minimum atomic E-state index is -0.492. The number of hydrogen-bond acceptors (Lipinski definition) is 5. The Morgan fingerprint density at radius 2 is 2.23 bits per heavy atom. The van der Waals surface area contributed by atoms with Gasteiger partial charge in [0, 0.05) is 6.42 Å². The summed E-state index contributed by atoms with van der Waals surface area (Å²) in [6.07, 6.45) is 1.31. The van der Waals surface area contributed by atoms with Gasteiger partial charge in [-0.25, -0.2) is 9.37 Å². The van der Waals surface area contributed by atoms with Crippen LogP contribution in [0.25, 0.3) is 0 Å². The van der Waals surface area contributed by atoms with Gasteiger partial charge in [0.25, 0.3) is 5.91 Å². The predicted octanol–water partition coefficient (Wildman–Crippen LogP) is 2.94. The molecule has 1 amide bonds. The van der Waals surface area contributed by atoms with Crippen molar-refractivity contribution in [3.05, 3.63) is 46.9 Å². The normalized spacial score (nSPS) is 20.3. The number of aliphatic hydroxyl groups is 1. The van der Waals surface area contributed by atoms with Crippen molar-refractivity contribution in [2.24, 2.45) is 5.92 Å². The molecule has 0 bridgehead atoms. The van der Waals surface area contributed by atoms with E-state index in [0.29, 0.717) is 36.4 Å². The van der Waals surface area contributed by atoms with E-state index in [2.05, 4.69) is 10.3 Å². The highest BCUT2D eigenvalue weighted by molar-refractivity contribution is 5.92. The van der Waals surface area contributed by atoms with Crippen molar-refractivity contribution in [3.63, 3.8) is 0 Å². The molecule has 1 aliphatic carbocycles. The second-order valence-corrected chi connectivity index (χ2v) is 6.61. The van der Waals surface area contributed by atoms with E-state index in [0.717, 1.165) is 0 Å². The van der Waals surface area contributed by atoms with Crippen LogP contribution in [-0.2, 0) is 6.42 Å². The average molecular weight is 362 g/mol. The number of amides is 1. The van der Waals surface area contributed by atoms with Gasteiger partial charge in [-0.2, -0.15) is 0 Å². The first kappa shape index (κ1) is 18.4. The fourth-order valence-corrected chi connectivity index (χ4v) is 3.27. The first-order chi connectivity index (χ1) is 12.4. The molecule has 6 nitrogen and oxygen atoms in total. The number of oxazole rings is 1. The number of methoxy groups -OCH3 is 1. The van der Waals surface area contributed by atoms with E-state index < -0.39 is 17.8 Å². The van der Waals surface area contributed by atoms with Crippen molar-refractivity contribution >= 4 is 5.91 Å². The molecule has 1 fully saturated rings. The first-order valence-electron chi connectivity index (χ1n) is 8.71. The van der Waals surface area contributed by atoms with Crippen LogP contribution in [0.3, 0.4) is 0 Å². The Balaban J connectivity index is 1.85. The second-order valence-electron chi connectivity index (χ2n) is 6.61. The third kappa shape index (κ3) is 3.58. The number of aromatic nitrogens is 1. The third-order valence-corrected chi connectivity index (χ3v) is 4.79. The van der Waals surface area contributed by atoms with Crippen LogP contribution >= 0.6 is 0 Å². The first-order valence-corrected chi connectivity index (χ1v) is 8.71. The summed E-state index contributed by atoms with van der Waals surface area (Å²) in [5, 5.41) is 12.6. The Morgan fingerprint density at radius 1 is 1.50 bits per heavy atom. The number of rotatable bonds is 6. The Hall–Kier alpha value is -2.41. The highest BCUT2D eigenvalue weighted by Gasteiger charge is 2.36. The fraction of sp³-hybridized carbons (Fsp3) is 0.474. The monoisotopic (exact) mass is 362 g/mol. The maximum absolute atomic E-state index is 14.1. The number of halogens is 1. The molecule has 1 atom stereocenters. The topological polar surface area (TPSA) is 84.6 Å². The van der Waals surface area contributed by atoms with Gasteiger partial charge in [-0.15, -0.1) is 0 Å². The lowest BCUT2D eigenvalue weighted by Crippen LogP contribution is -2.41. The molecule has 1 unspecified atom stereocenters. The van der Waals surface area contributed by atoms with Gasteiger partial charge in [0.15, 0.2) is 17.5 Å². The van der Waals surface area contributed by atoms with Crippen LogP contribution in [0.15, 0.2) is 22.6 Å². The van der Waals surface area contributed by atoms with Crippen LogP contribution in [-0.4, -0.2) is 29.2 Å². The molecule has 1 aliphatic rings. The molecule has 26 heavy (non-hydrogen) atoms. The van der Waals surface area contributed by atoms with Gasteiger partial charge in [0.05, 0.1) is 24.9 Å². The van der Waals surface area contributed by atoms with Gasteiger partial charge in [-0.3, -0.25) is 4.79 Å². The van der Waals surface area contributed by atoms with Crippen LogP contribution in [0.1, 0.15) is 53.5 Å². The minimum absolute atomic E-state index is 0.0237. The molecule has 7 heteroatoms. The maximum Gasteiger partial charge on any atom is 0.289 e. The lowest BCUT2D eigenvalue weighted by molar-refractivity contribution is 0.0231. The van der Waals surface area contributed by atoms with Crippen LogP contribution in [0.2, 0.25) is 0 Å². The summed E-state index contributed by atoms with van der Waals surface area (Å²) >= 11 is 0. The fourth-order valence-electron chi connectivity index (χ4n) is 3.27. The molecule has 0 aliphatic heterocycles. The molecule has 0 spiro atoms. The number of aliphatic hydroxyl groups excluding tert-OH is 1. The lowest BCUT2D eigenvalue weighted by atomic mass is 9.75. The zero-order chi connectivity index (χ0) is 18.8. The minimum Gasteiger partial charge on any atom is -0.494 e. The van der Waals surface area contributed by atoms with E-state index in [-0.39, 0.29) is 23.5 Å². The summed E-state index contributed by atoms with van der Waals surface area (Å²) in [4.78, 5) is 16.9. The standard InChI is InChI=1S/C19H23FN2O4/c1-4-16-21-10(2)18(26-16)19(24)22-17(12-7-13(23)8-12)11-5-6-15(25-3)14(20)9-11/h5-6,9,12-13,17,23H,4,7-8H2,1-3H3,(H,22,24). The molecule has 0 saturated heterocycles. The molecule has 140 valence electrons. The predicted molar refractivity (Wildman–Crippen MR) is 92.5 cm³/mol. The lowest BCUT2D eigenvalue weighted by Gasteiger charge is -2.38. The summed E-state index contributed by atoms with van der Waals surface area (Å²) in [7, 11) is 1.40.